The van der Waals surface area contributed by atoms with Gasteiger partial charge < -0.3 is 24.8 Å². The molecule has 2 radical (unpaired) electrons. The molecule has 0 spiro atoms. The summed E-state index contributed by atoms with van der Waals surface area (Å²) in [6, 6.07) is 0. The zero-order valence-corrected chi connectivity index (χ0v) is 8.58. The van der Waals surface area contributed by atoms with E-state index in [1.807, 2.05) is 0 Å². The first-order valence-corrected chi connectivity index (χ1v) is 4.51. The summed E-state index contributed by atoms with van der Waals surface area (Å²) in [7, 11) is 3.07. The predicted octanol–water partition coefficient (Wildman–Crippen LogP) is -0.391. The van der Waals surface area contributed by atoms with Crippen LogP contribution in [0.1, 0.15) is 6.92 Å². The Labute approximate surface area is 81.0 Å². The third-order valence-electron chi connectivity index (χ3n) is 1.17. The minimum Gasteiger partial charge on any atom is -0.635 e. The highest BCUT2D eigenvalue weighted by Crippen LogP contribution is 1.94. The zero-order valence-electron chi connectivity index (χ0n) is 7.58. The molecule has 0 aliphatic heterocycles. The maximum absolute atomic E-state index is 10.8. The van der Waals surface area contributed by atoms with Gasteiger partial charge in [-0.25, -0.2) is 4.79 Å². The van der Waals surface area contributed by atoms with Crippen LogP contribution in [-0.2, 0) is 14.3 Å². The minimum atomic E-state index is -0.792. The van der Waals surface area contributed by atoms with Crippen molar-refractivity contribution in [2.75, 3.05) is 19.4 Å². The molecule has 0 amide bonds. The minimum absolute atomic E-state index is 0.0715. The molecule has 0 aliphatic rings. The van der Waals surface area contributed by atoms with E-state index in [0.29, 0.717) is 11.8 Å². The molecule has 1 atom stereocenters. The lowest BCUT2D eigenvalue weighted by atomic mass is 10.3. The van der Waals surface area contributed by atoms with Gasteiger partial charge in [-0.1, -0.05) is 6.58 Å². The Morgan fingerprint density at radius 3 is 2.69 bits per heavy atom. The lowest BCUT2D eigenvalue weighted by molar-refractivity contribution is -0.142. The van der Waals surface area contributed by atoms with Crippen LogP contribution in [0.25, 0.3) is 0 Å². The highest BCUT2D eigenvalue weighted by Gasteiger charge is 2.08. The Hall–Kier alpha value is -0.653. The highest BCUT2D eigenvalue weighted by atomic mass is 28.1. The van der Waals surface area contributed by atoms with Gasteiger partial charge in [0.05, 0.1) is 6.61 Å². The van der Waals surface area contributed by atoms with Crippen molar-refractivity contribution in [1.29, 1.82) is 0 Å². The van der Waals surface area contributed by atoms with Crippen LogP contribution in [0.2, 0.25) is 0 Å². The summed E-state index contributed by atoms with van der Waals surface area (Å²) in [6.45, 7) is 5.01. The SMILES string of the molecule is C=C(C)C(=O)OCC(O)COC[Si-]. The van der Waals surface area contributed by atoms with Gasteiger partial charge in [0.2, 0.25) is 0 Å². The summed E-state index contributed by atoms with van der Waals surface area (Å²) >= 11 is 0. The fraction of sp³-hybridized carbons (Fsp3) is 0.625. The molecule has 0 aromatic rings. The highest BCUT2D eigenvalue weighted by molar-refractivity contribution is 6.08. The van der Waals surface area contributed by atoms with Crippen LogP contribution in [0, 0.1) is 0 Å². The number of esters is 1. The van der Waals surface area contributed by atoms with Gasteiger partial charge in [-0.05, 0) is 6.92 Å². The number of rotatable bonds is 6. The van der Waals surface area contributed by atoms with Gasteiger partial charge in [0, 0.05) is 5.57 Å². The molecule has 5 heteroatoms. The van der Waals surface area contributed by atoms with Crippen molar-refractivity contribution in [1.82, 2.24) is 0 Å². The molecule has 0 heterocycles. The van der Waals surface area contributed by atoms with Gasteiger partial charge >= 0.3 is 5.97 Å². The second kappa shape index (κ2) is 6.82. The zero-order chi connectivity index (χ0) is 10.3. The van der Waals surface area contributed by atoms with E-state index in [4.69, 9.17) is 9.84 Å². The Kier molecular flexibility index (Phi) is 6.48. The van der Waals surface area contributed by atoms with E-state index in [-0.39, 0.29) is 13.2 Å². The average molecular weight is 201 g/mol. The third-order valence-corrected chi connectivity index (χ3v) is 1.37. The first-order valence-electron chi connectivity index (χ1n) is 3.81. The van der Waals surface area contributed by atoms with Crippen LogP contribution >= 0.6 is 0 Å². The average Bonchev–Trinajstić information content (AvgIpc) is 2.10. The summed E-state index contributed by atoms with van der Waals surface area (Å²) in [4.78, 5) is 10.8. The molecule has 0 saturated carbocycles. The first kappa shape index (κ1) is 12.3. The maximum Gasteiger partial charge on any atom is 0.333 e. The number of carbonyl (C=O) groups is 1. The van der Waals surface area contributed by atoms with E-state index >= 15 is 0 Å². The van der Waals surface area contributed by atoms with E-state index in [1.165, 1.54) is 0 Å². The van der Waals surface area contributed by atoms with Crippen molar-refractivity contribution in [2.45, 2.75) is 13.0 Å². The van der Waals surface area contributed by atoms with E-state index in [9.17, 15) is 4.79 Å². The molecule has 0 fully saturated rings. The molecular formula is C8H13O4Si-. The lowest BCUT2D eigenvalue weighted by Gasteiger charge is -2.13. The van der Waals surface area contributed by atoms with Gasteiger partial charge in [-0.3, -0.25) is 0 Å². The Morgan fingerprint density at radius 1 is 1.62 bits per heavy atom. The normalized spacial score (nSPS) is 12.2. The monoisotopic (exact) mass is 201 g/mol. The van der Waals surface area contributed by atoms with E-state index in [0.717, 1.165) is 0 Å². The molecule has 0 aliphatic carbocycles. The van der Waals surface area contributed by atoms with Gasteiger partial charge in [0.1, 0.15) is 12.7 Å². The number of hydrogen-bond donors (Lipinski definition) is 1. The number of carbonyl (C=O) groups excluding carboxylic acids is 1. The quantitative estimate of drug-likeness (QED) is 0.361. The molecule has 0 bridgehead atoms. The molecule has 1 N–H and O–H groups in total. The van der Waals surface area contributed by atoms with Gasteiger partial charge in [0.15, 0.2) is 0 Å². The van der Waals surface area contributed by atoms with E-state index < -0.39 is 12.1 Å². The Morgan fingerprint density at radius 2 is 2.23 bits per heavy atom. The molecule has 0 saturated heterocycles. The van der Waals surface area contributed by atoms with Crippen molar-refractivity contribution < 1.29 is 19.4 Å². The topological polar surface area (TPSA) is 55.8 Å². The van der Waals surface area contributed by atoms with Crippen LogP contribution in [0.4, 0.5) is 0 Å². The molecule has 0 rings (SSSR count). The van der Waals surface area contributed by atoms with Crippen LogP contribution in [-0.4, -0.2) is 46.9 Å². The van der Waals surface area contributed by atoms with Crippen LogP contribution in [0.5, 0.6) is 0 Å². The third kappa shape index (κ3) is 6.50. The largest absolute Gasteiger partial charge is 0.635 e. The number of aliphatic hydroxyl groups is 1. The van der Waals surface area contributed by atoms with E-state index in [1.54, 1.807) is 6.92 Å². The first-order chi connectivity index (χ1) is 6.07. The molecule has 0 aromatic heterocycles. The number of ether oxygens (including phenoxy) is 2. The Balaban J connectivity index is 3.51. The Bertz CT molecular complexity index is 181. The summed E-state index contributed by atoms with van der Waals surface area (Å²) < 4.78 is 9.52. The maximum atomic E-state index is 10.8. The van der Waals surface area contributed by atoms with Crippen molar-refractivity contribution in [3.05, 3.63) is 12.2 Å². The van der Waals surface area contributed by atoms with Gasteiger partial charge in [-0.15, -0.1) is 6.23 Å². The van der Waals surface area contributed by atoms with Crippen LogP contribution < -0.4 is 0 Å². The second-order valence-corrected chi connectivity index (χ2v) is 2.84. The fourth-order valence-electron chi connectivity index (χ4n) is 0.538. The molecule has 4 nitrogen and oxygen atoms in total. The molecule has 0 aromatic carbocycles. The fourth-order valence-corrected chi connectivity index (χ4v) is 0.656. The van der Waals surface area contributed by atoms with Crippen molar-refractivity contribution in [2.24, 2.45) is 0 Å². The van der Waals surface area contributed by atoms with E-state index in [2.05, 4.69) is 21.6 Å². The van der Waals surface area contributed by atoms with Crippen molar-refractivity contribution in [3.63, 3.8) is 0 Å². The molecule has 1 unspecified atom stereocenters. The summed E-state index contributed by atoms with van der Waals surface area (Å²) in [6.07, 6.45) is -0.453. The molecule has 74 valence electrons. The molecular weight excluding hydrogens is 188 g/mol. The second-order valence-electron chi connectivity index (χ2n) is 2.55. The number of hydrogen-bond acceptors (Lipinski definition) is 4. The van der Waals surface area contributed by atoms with Gasteiger partial charge in [-0.2, -0.15) is 0 Å². The number of aliphatic hydroxyl groups excluding tert-OH is 1. The van der Waals surface area contributed by atoms with Crippen molar-refractivity contribution >= 4 is 16.2 Å². The summed E-state index contributed by atoms with van der Waals surface area (Å²) in [5.74, 6) is -0.502. The summed E-state index contributed by atoms with van der Waals surface area (Å²) in [5.41, 5.74) is 0.313. The summed E-state index contributed by atoms with van der Waals surface area (Å²) in [5, 5.41) is 9.16. The van der Waals surface area contributed by atoms with Gasteiger partial charge in [0.25, 0.3) is 0 Å². The lowest BCUT2D eigenvalue weighted by Crippen LogP contribution is -2.24. The van der Waals surface area contributed by atoms with Crippen LogP contribution in [0.15, 0.2) is 12.2 Å². The smallest absolute Gasteiger partial charge is 0.333 e. The molecule has 13 heavy (non-hydrogen) atoms. The van der Waals surface area contributed by atoms with Crippen molar-refractivity contribution in [3.8, 4) is 0 Å². The standard InChI is InChI=1S/C8H13O4Si/c1-6(2)8(10)12-4-7(9)3-11-5-13/h7,9H,1,3-5H2,2H3/q-1. The van der Waals surface area contributed by atoms with Crippen LogP contribution in [0.3, 0.4) is 0 Å². The predicted molar refractivity (Wildman–Crippen MR) is 48.4 cm³/mol.